The van der Waals surface area contributed by atoms with Crippen molar-refractivity contribution < 1.29 is 9.53 Å². The van der Waals surface area contributed by atoms with Gasteiger partial charge in [-0.1, -0.05) is 13.8 Å². The molecule has 0 saturated heterocycles. The lowest BCUT2D eigenvalue weighted by molar-refractivity contribution is 0.0488. The standard InChI is InChI=1S/C23H31N5O3/c1-13(2)18-21(29)28(19-16-10-11-24-20(16)25-12-17(19)27-18)15-8-6-14(7-9-15)26-22(30)31-23(3,4)5/h10-15H,6-9H2,1-5H3,(H,24,25)(H,26,30). The number of nitrogens with one attached hydrogen (secondary N) is 2. The van der Waals surface area contributed by atoms with Crippen molar-refractivity contribution >= 4 is 28.2 Å². The Balaban J connectivity index is 1.65. The molecule has 0 bridgehead atoms. The van der Waals surface area contributed by atoms with E-state index in [4.69, 9.17) is 4.74 Å². The van der Waals surface area contributed by atoms with Gasteiger partial charge in [0.25, 0.3) is 5.56 Å². The first kappa shape index (κ1) is 21.3. The van der Waals surface area contributed by atoms with Crippen molar-refractivity contribution in [2.24, 2.45) is 0 Å². The number of nitrogens with zero attached hydrogens (tertiary/aromatic N) is 3. The Bertz CT molecular complexity index is 1160. The number of aromatic amines is 1. The number of ether oxygens (including phenoxy) is 1. The molecule has 3 heterocycles. The van der Waals surface area contributed by atoms with E-state index in [1.807, 2.05) is 51.4 Å². The SMILES string of the molecule is CC(C)c1nc2cnc3[nH]ccc3c2n(C2CCC(NC(=O)OC(C)(C)C)CC2)c1=O. The molecule has 3 aromatic rings. The zero-order valence-electron chi connectivity index (χ0n) is 18.9. The van der Waals surface area contributed by atoms with Gasteiger partial charge in [-0.2, -0.15) is 0 Å². The Hall–Kier alpha value is -2.90. The monoisotopic (exact) mass is 425 g/mol. The number of carbonyl (C=O) groups is 1. The van der Waals surface area contributed by atoms with Crippen molar-refractivity contribution in [3.63, 3.8) is 0 Å². The molecule has 8 heteroatoms. The minimum Gasteiger partial charge on any atom is -0.444 e. The highest BCUT2D eigenvalue weighted by Crippen LogP contribution is 2.32. The number of hydrogen-bond acceptors (Lipinski definition) is 5. The maximum absolute atomic E-state index is 13.5. The normalized spacial score (nSPS) is 19.8. The zero-order valence-corrected chi connectivity index (χ0v) is 18.9. The van der Waals surface area contributed by atoms with Crippen LogP contribution in [0.1, 0.15) is 78.0 Å². The maximum atomic E-state index is 13.5. The molecule has 0 aromatic carbocycles. The van der Waals surface area contributed by atoms with Crippen LogP contribution in [0.5, 0.6) is 0 Å². The van der Waals surface area contributed by atoms with Crippen LogP contribution in [0.15, 0.2) is 23.3 Å². The second-order valence-electron chi connectivity index (χ2n) is 9.71. The first-order valence-electron chi connectivity index (χ1n) is 11.0. The predicted molar refractivity (Wildman–Crippen MR) is 120 cm³/mol. The Morgan fingerprint density at radius 3 is 2.61 bits per heavy atom. The Labute approximate surface area is 181 Å². The lowest BCUT2D eigenvalue weighted by Crippen LogP contribution is -2.42. The fourth-order valence-electron chi connectivity index (χ4n) is 4.40. The van der Waals surface area contributed by atoms with Crippen molar-refractivity contribution in [3.05, 3.63) is 34.5 Å². The second-order valence-corrected chi connectivity index (χ2v) is 9.71. The first-order valence-corrected chi connectivity index (χ1v) is 11.0. The van der Waals surface area contributed by atoms with Gasteiger partial charge in [0.05, 0.1) is 11.7 Å². The van der Waals surface area contributed by atoms with Crippen LogP contribution in [0.2, 0.25) is 0 Å². The summed E-state index contributed by atoms with van der Waals surface area (Å²) in [5.41, 5.74) is 2.35. The molecule has 1 amide bonds. The smallest absolute Gasteiger partial charge is 0.407 e. The average molecular weight is 426 g/mol. The molecule has 31 heavy (non-hydrogen) atoms. The predicted octanol–water partition coefficient (Wildman–Crippen LogP) is 4.40. The fraction of sp³-hybridized carbons (Fsp3) is 0.565. The number of amides is 1. The van der Waals surface area contributed by atoms with Gasteiger partial charge >= 0.3 is 6.09 Å². The lowest BCUT2D eigenvalue weighted by atomic mass is 9.90. The summed E-state index contributed by atoms with van der Waals surface area (Å²) >= 11 is 0. The molecule has 0 atom stereocenters. The van der Waals surface area contributed by atoms with Gasteiger partial charge in [-0.15, -0.1) is 0 Å². The number of H-pyrrole nitrogens is 1. The second kappa shape index (κ2) is 7.98. The molecule has 1 aliphatic carbocycles. The molecule has 0 aliphatic heterocycles. The van der Waals surface area contributed by atoms with Crippen molar-refractivity contribution in [1.29, 1.82) is 0 Å². The van der Waals surface area contributed by atoms with E-state index in [0.717, 1.165) is 47.8 Å². The Morgan fingerprint density at radius 2 is 1.97 bits per heavy atom. The molecule has 4 rings (SSSR count). The summed E-state index contributed by atoms with van der Waals surface area (Å²) in [6, 6.07) is 2.05. The lowest BCUT2D eigenvalue weighted by Gasteiger charge is -2.32. The van der Waals surface area contributed by atoms with Gasteiger partial charge in [-0.05, 0) is 52.5 Å². The summed E-state index contributed by atoms with van der Waals surface area (Å²) in [6.45, 7) is 9.54. The Kier molecular flexibility index (Phi) is 5.49. The summed E-state index contributed by atoms with van der Waals surface area (Å²) in [4.78, 5) is 37.9. The summed E-state index contributed by atoms with van der Waals surface area (Å²) in [5, 5.41) is 3.89. The maximum Gasteiger partial charge on any atom is 0.407 e. The van der Waals surface area contributed by atoms with Crippen LogP contribution >= 0.6 is 0 Å². The molecule has 8 nitrogen and oxygen atoms in total. The van der Waals surface area contributed by atoms with Crippen LogP contribution in [0, 0.1) is 0 Å². The minimum absolute atomic E-state index is 0.0234. The van der Waals surface area contributed by atoms with Gasteiger partial charge in [0.15, 0.2) is 0 Å². The molecule has 0 spiro atoms. The van der Waals surface area contributed by atoms with E-state index < -0.39 is 5.60 Å². The van der Waals surface area contributed by atoms with Crippen LogP contribution in [-0.2, 0) is 4.74 Å². The average Bonchev–Trinajstić information content (AvgIpc) is 3.15. The molecular formula is C23H31N5O3. The number of carbonyl (C=O) groups excluding carboxylic acids is 1. The zero-order chi connectivity index (χ0) is 22.3. The highest BCUT2D eigenvalue weighted by atomic mass is 16.6. The molecule has 1 fully saturated rings. The van der Waals surface area contributed by atoms with Crippen molar-refractivity contribution in [1.82, 2.24) is 24.8 Å². The summed E-state index contributed by atoms with van der Waals surface area (Å²) in [6.07, 6.45) is 6.37. The first-order chi connectivity index (χ1) is 14.6. The van der Waals surface area contributed by atoms with E-state index >= 15 is 0 Å². The van der Waals surface area contributed by atoms with E-state index in [-0.39, 0.29) is 29.7 Å². The molecule has 0 radical (unpaired) electrons. The third kappa shape index (κ3) is 4.29. The summed E-state index contributed by atoms with van der Waals surface area (Å²) in [7, 11) is 0. The van der Waals surface area contributed by atoms with Gasteiger partial charge in [0.1, 0.15) is 22.5 Å². The topological polar surface area (TPSA) is 102 Å². The molecule has 0 unspecified atom stereocenters. The van der Waals surface area contributed by atoms with Crippen molar-refractivity contribution in [3.8, 4) is 0 Å². The number of fused-ring (bicyclic) bond motifs is 3. The highest BCUT2D eigenvalue weighted by Gasteiger charge is 2.28. The summed E-state index contributed by atoms with van der Waals surface area (Å²) in [5.74, 6) is 0.0234. The summed E-state index contributed by atoms with van der Waals surface area (Å²) < 4.78 is 7.32. The van der Waals surface area contributed by atoms with Crippen LogP contribution in [0.3, 0.4) is 0 Å². The van der Waals surface area contributed by atoms with Gasteiger partial charge < -0.3 is 19.6 Å². The van der Waals surface area contributed by atoms with Crippen LogP contribution in [-0.4, -0.2) is 37.3 Å². The van der Waals surface area contributed by atoms with Crippen LogP contribution in [0.25, 0.3) is 22.1 Å². The van der Waals surface area contributed by atoms with E-state index in [1.54, 1.807) is 6.20 Å². The van der Waals surface area contributed by atoms with Gasteiger partial charge in [-0.3, -0.25) is 4.79 Å². The number of rotatable bonds is 3. The van der Waals surface area contributed by atoms with Crippen LogP contribution in [0.4, 0.5) is 4.79 Å². The van der Waals surface area contributed by atoms with E-state index in [2.05, 4.69) is 20.3 Å². The van der Waals surface area contributed by atoms with Crippen LogP contribution < -0.4 is 10.9 Å². The minimum atomic E-state index is -0.520. The van der Waals surface area contributed by atoms with E-state index in [1.165, 1.54) is 0 Å². The number of pyridine rings is 1. The largest absolute Gasteiger partial charge is 0.444 e. The Morgan fingerprint density at radius 1 is 1.26 bits per heavy atom. The quantitative estimate of drug-likeness (QED) is 0.647. The molecule has 1 saturated carbocycles. The number of aromatic nitrogens is 4. The highest BCUT2D eigenvalue weighted by molar-refractivity contribution is 6.00. The van der Waals surface area contributed by atoms with Gasteiger partial charge in [-0.25, -0.2) is 14.8 Å². The molecule has 2 N–H and O–H groups in total. The fourth-order valence-corrected chi connectivity index (χ4v) is 4.40. The third-order valence-corrected chi connectivity index (χ3v) is 5.79. The molecule has 3 aromatic heterocycles. The van der Waals surface area contributed by atoms with Gasteiger partial charge in [0.2, 0.25) is 0 Å². The third-order valence-electron chi connectivity index (χ3n) is 5.79. The molecule has 166 valence electrons. The molecule has 1 aliphatic rings. The van der Waals surface area contributed by atoms with Crippen molar-refractivity contribution in [2.75, 3.05) is 0 Å². The number of alkyl carbamates (subject to hydrolysis) is 1. The molecular weight excluding hydrogens is 394 g/mol. The van der Waals surface area contributed by atoms with Gasteiger partial charge in [0, 0.05) is 29.6 Å². The van der Waals surface area contributed by atoms with E-state index in [9.17, 15) is 9.59 Å². The van der Waals surface area contributed by atoms with E-state index in [0.29, 0.717) is 5.69 Å². The van der Waals surface area contributed by atoms with Crippen molar-refractivity contribution in [2.45, 2.75) is 83.9 Å². The number of hydrogen-bond donors (Lipinski definition) is 2.